The van der Waals surface area contributed by atoms with Crippen LogP contribution in [0.2, 0.25) is 0 Å². The number of benzene rings is 1. The van der Waals surface area contributed by atoms with Crippen LogP contribution in [0.5, 0.6) is 0 Å². The Hall–Kier alpha value is -1.03. The molecule has 0 amide bonds. The van der Waals surface area contributed by atoms with Crippen molar-refractivity contribution in [1.29, 1.82) is 0 Å². The van der Waals surface area contributed by atoms with Crippen molar-refractivity contribution in [3.05, 3.63) is 35.4 Å². The van der Waals surface area contributed by atoms with E-state index in [9.17, 15) is 18.0 Å². The molecule has 92 valence electrons. The predicted molar refractivity (Wildman–Crippen MR) is 58.1 cm³/mol. The summed E-state index contributed by atoms with van der Waals surface area (Å²) in [5.74, 6) is 0. The van der Waals surface area contributed by atoms with E-state index in [0.717, 1.165) is 6.07 Å². The molecule has 1 fully saturated rings. The van der Waals surface area contributed by atoms with Gasteiger partial charge in [-0.05, 0) is 24.5 Å². The van der Waals surface area contributed by atoms with Gasteiger partial charge in [0.05, 0.1) is 10.9 Å². The Morgan fingerprint density at radius 2 is 1.88 bits per heavy atom. The van der Waals surface area contributed by atoms with Crippen molar-refractivity contribution in [2.24, 2.45) is 0 Å². The van der Waals surface area contributed by atoms with E-state index in [0.29, 0.717) is 19.1 Å². The van der Waals surface area contributed by atoms with Crippen LogP contribution in [0.1, 0.15) is 24.0 Å². The van der Waals surface area contributed by atoms with Gasteiger partial charge in [0, 0.05) is 5.41 Å². The summed E-state index contributed by atoms with van der Waals surface area (Å²) in [5.41, 5.74) is -1.38. The molecule has 0 heterocycles. The average Bonchev–Trinajstić information content (AvgIpc) is 3.08. The van der Waals surface area contributed by atoms with Crippen LogP contribution in [-0.2, 0) is 16.4 Å². The molecule has 0 bridgehead atoms. The molecule has 1 nitrogen and oxygen atoms in total. The fourth-order valence-corrected chi connectivity index (χ4v) is 2.46. The van der Waals surface area contributed by atoms with E-state index in [1.54, 1.807) is 6.07 Å². The minimum atomic E-state index is -4.41. The quantitative estimate of drug-likeness (QED) is 0.601. The second-order valence-corrected chi connectivity index (χ2v) is 4.71. The number of carbonyl (C=O) groups excluding carboxylic acids is 1. The fourth-order valence-electron chi connectivity index (χ4n) is 2.12. The van der Waals surface area contributed by atoms with Crippen molar-refractivity contribution in [1.82, 2.24) is 0 Å². The molecule has 1 aromatic rings. The first kappa shape index (κ1) is 12.4. The summed E-state index contributed by atoms with van der Waals surface area (Å²) in [6.07, 6.45) is -2.85. The number of aldehydes is 1. The minimum absolute atomic E-state index is 0.139. The Morgan fingerprint density at radius 3 is 2.35 bits per heavy atom. The largest absolute Gasteiger partial charge is 0.416 e. The normalized spacial score (nSPS) is 19.8. The van der Waals surface area contributed by atoms with Gasteiger partial charge in [-0.1, -0.05) is 18.2 Å². The Bertz CT molecular complexity index is 438. The summed E-state index contributed by atoms with van der Waals surface area (Å²) in [6.45, 7) is 0. The van der Waals surface area contributed by atoms with E-state index in [-0.39, 0.29) is 5.56 Å². The van der Waals surface area contributed by atoms with Crippen molar-refractivity contribution in [2.75, 3.05) is 0 Å². The number of hydrogen-bond acceptors (Lipinski definition) is 1. The van der Waals surface area contributed by atoms with E-state index in [4.69, 9.17) is 11.6 Å². The lowest BCUT2D eigenvalue weighted by Crippen LogP contribution is -2.25. The van der Waals surface area contributed by atoms with Gasteiger partial charge in [-0.2, -0.15) is 13.2 Å². The van der Waals surface area contributed by atoms with Crippen molar-refractivity contribution in [3.63, 3.8) is 0 Å². The maximum Gasteiger partial charge on any atom is 0.416 e. The van der Waals surface area contributed by atoms with E-state index < -0.39 is 22.5 Å². The van der Waals surface area contributed by atoms with Gasteiger partial charge in [0.25, 0.3) is 0 Å². The van der Waals surface area contributed by atoms with Gasteiger partial charge in [-0.25, -0.2) is 0 Å². The summed E-state index contributed by atoms with van der Waals surface area (Å²) in [6, 6.07) is 5.32. The van der Waals surface area contributed by atoms with Crippen LogP contribution in [-0.4, -0.2) is 11.7 Å². The third kappa shape index (κ3) is 2.06. The molecule has 1 saturated carbocycles. The highest BCUT2D eigenvalue weighted by atomic mass is 35.5. The third-order valence-corrected chi connectivity index (χ3v) is 3.73. The summed E-state index contributed by atoms with van der Waals surface area (Å²) < 4.78 is 38.5. The third-order valence-electron chi connectivity index (χ3n) is 3.20. The standard InChI is InChI=1S/C12H10ClF3O/c13-10(7-17)11(5-6-11)8-3-1-2-4-9(8)12(14,15)16/h1-4,7,10H,5-6H2. The van der Waals surface area contributed by atoms with Crippen LogP contribution < -0.4 is 0 Å². The average molecular weight is 263 g/mol. The van der Waals surface area contributed by atoms with Crippen molar-refractivity contribution in [2.45, 2.75) is 29.8 Å². The van der Waals surface area contributed by atoms with Crippen LogP contribution in [0.25, 0.3) is 0 Å². The van der Waals surface area contributed by atoms with E-state index in [2.05, 4.69) is 0 Å². The van der Waals surface area contributed by atoms with Gasteiger partial charge in [0.1, 0.15) is 6.29 Å². The molecule has 0 N–H and O–H groups in total. The molecule has 1 aliphatic rings. The van der Waals surface area contributed by atoms with Crippen LogP contribution >= 0.6 is 11.6 Å². The zero-order chi connectivity index (χ0) is 12.7. The van der Waals surface area contributed by atoms with Crippen LogP contribution in [0.4, 0.5) is 13.2 Å². The molecular formula is C12H10ClF3O. The molecule has 0 radical (unpaired) electrons. The van der Waals surface area contributed by atoms with Gasteiger partial charge in [0.2, 0.25) is 0 Å². The molecule has 0 aromatic heterocycles. The first-order chi connectivity index (χ1) is 7.92. The van der Waals surface area contributed by atoms with Gasteiger partial charge < -0.3 is 4.79 Å². The molecule has 2 rings (SSSR count). The van der Waals surface area contributed by atoms with E-state index in [1.165, 1.54) is 12.1 Å². The monoisotopic (exact) mass is 262 g/mol. The SMILES string of the molecule is O=CC(Cl)C1(c2ccccc2C(F)(F)F)CC1. The van der Waals surface area contributed by atoms with E-state index in [1.807, 2.05) is 0 Å². The Balaban J connectivity index is 2.50. The van der Waals surface area contributed by atoms with Crippen molar-refractivity contribution in [3.8, 4) is 0 Å². The lowest BCUT2D eigenvalue weighted by Gasteiger charge is -2.22. The molecule has 0 saturated heterocycles. The van der Waals surface area contributed by atoms with E-state index >= 15 is 0 Å². The fraction of sp³-hybridized carbons (Fsp3) is 0.417. The Labute approximate surface area is 102 Å². The van der Waals surface area contributed by atoms with Gasteiger partial charge in [-0.15, -0.1) is 11.6 Å². The van der Waals surface area contributed by atoms with Gasteiger partial charge in [0.15, 0.2) is 0 Å². The first-order valence-corrected chi connectivity index (χ1v) is 5.61. The molecule has 1 atom stereocenters. The van der Waals surface area contributed by atoms with Gasteiger partial charge in [-0.3, -0.25) is 0 Å². The molecule has 1 unspecified atom stereocenters. The molecule has 5 heteroatoms. The zero-order valence-electron chi connectivity index (χ0n) is 8.80. The number of alkyl halides is 4. The second-order valence-electron chi connectivity index (χ2n) is 4.24. The lowest BCUT2D eigenvalue weighted by molar-refractivity contribution is -0.138. The smallest absolute Gasteiger partial charge is 0.302 e. The summed E-state index contributed by atoms with van der Waals surface area (Å²) in [4.78, 5) is 10.7. The van der Waals surface area contributed by atoms with Crippen LogP contribution in [0.3, 0.4) is 0 Å². The van der Waals surface area contributed by atoms with Crippen molar-refractivity contribution >= 4 is 17.9 Å². The van der Waals surface area contributed by atoms with Crippen LogP contribution in [0.15, 0.2) is 24.3 Å². The highest BCUT2D eigenvalue weighted by Crippen LogP contribution is 2.55. The second kappa shape index (κ2) is 4.02. The minimum Gasteiger partial charge on any atom is -0.302 e. The molecular weight excluding hydrogens is 253 g/mol. The molecule has 0 spiro atoms. The summed E-state index contributed by atoms with van der Waals surface area (Å²) in [7, 11) is 0. The summed E-state index contributed by atoms with van der Waals surface area (Å²) >= 11 is 5.84. The first-order valence-electron chi connectivity index (χ1n) is 5.18. The number of halogens is 4. The zero-order valence-corrected chi connectivity index (χ0v) is 9.55. The van der Waals surface area contributed by atoms with Gasteiger partial charge >= 0.3 is 6.18 Å². The summed E-state index contributed by atoms with van der Waals surface area (Å²) in [5, 5.41) is -0.897. The maximum absolute atomic E-state index is 12.8. The topological polar surface area (TPSA) is 17.1 Å². The lowest BCUT2D eigenvalue weighted by atomic mass is 9.88. The number of carbonyl (C=O) groups is 1. The Kier molecular flexibility index (Phi) is 2.94. The molecule has 1 aliphatic carbocycles. The van der Waals surface area contributed by atoms with Crippen LogP contribution in [0, 0.1) is 0 Å². The van der Waals surface area contributed by atoms with Crippen molar-refractivity contribution < 1.29 is 18.0 Å². The molecule has 1 aromatic carbocycles. The predicted octanol–water partition coefficient (Wildman–Crippen LogP) is 3.54. The highest BCUT2D eigenvalue weighted by molar-refractivity contribution is 6.29. The number of hydrogen-bond donors (Lipinski definition) is 0. The number of rotatable bonds is 3. The highest BCUT2D eigenvalue weighted by Gasteiger charge is 2.53. The Morgan fingerprint density at radius 1 is 1.29 bits per heavy atom. The molecule has 17 heavy (non-hydrogen) atoms. The molecule has 0 aliphatic heterocycles. The maximum atomic E-state index is 12.8.